The lowest BCUT2D eigenvalue weighted by atomic mass is 10.1. The van der Waals surface area contributed by atoms with E-state index in [0.29, 0.717) is 6.04 Å². The first-order chi connectivity index (χ1) is 7.27. The number of nitrogens with zero attached hydrogens (tertiary/aromatic N) is 2. The average Bonchev–Trinajstić information content (AvgIpc) is 2.66. The summed E-state index contributed by atoms with van der Waals surface area (Å²) in [6.45, 7) is 7.00. The van der Waals surface area contributed by atoms with E-state index in [4.69, 9.17) is 0 Å². The van der Waals surface area contributed by atoms with Gasteiger partial charge in [-0.25, -0.2) is 0 Å². The van der Waals surface area contributed by atoms with Crippen molar-refractivity contribution in [3.05, 3.63) is 30.1 Å². The quantitative estimate of drug-likeness (QED) is 0.752. The summed E-state index contributed by atoms with van der Waals surface area (Å²) in [5.74, 6) is 0.745. The minimum Gasteiger partial charge on any atom is -0.295 e. The van der Waals surface area contributed by atoms with E-state index < -0.39 is 0 Å². The third-order valence-electron chi connectivity index (χ3n) is 2.99. The number of rotatable bonds is 3. The van der Waals surface area contributed by atoms with Crippen LogP contribution in [-0.4, -0.2) is 23.0 Å². The van der Waals surface area contributed by atoms with Gasteiger partial charge in [0.05, 0.1) is 11.7 Å². The zero-order chi connectivity index (χ0) is 10.7. The van der Waals surface area contributed by atoms with E-state index in [2.05, 4.69) is 35.9 Å². The third-order valence-corrected chi connectivity index (χ3v) is 2.99. The summed E-state index contributed by atoms with van der Waals surface area (Å²) in [6.07, 6.45) is 4.49. The highest BCUT2D eigenvalue weighted by Gasteiger charge is 2.26. The summed E-state index contributed by atoms with van der Waals surface area (Å²) in [6, 6.07) is 6.80. The zero-order valence-electron chi connectivity index (χ0n) is 9.69. The molecule has 1 fully saturated rings. The number of aromatic nitrogens is 1. The molecule has 1 aliphatic heterocycles. The van der Waals surface area contributed by atoms with E-state index in [-0.39, 0.29) is 0 Å². The predicted octanol–water partition coefficient (Wildman–Crippen LogP) is 2.87. The molecule has 0 bridgehead atoms. The summed E-state index contributed by atoms with van der Waals surface area (Å²) in [7, 11) is 0. The Balaban J connectivity index is 2.08. The zero-order valence-corrected chi connectivity index (χ0v) is 9.69. The standard InChI is InChI=1S/C13H20N2/c1-11(2)10-15-9-5-7-13(15)12-6-3-4-8-14-12/h3-4,6,8,11,13H,5,7,9-10H2,1-2H3. The van der Waals surface area contributed by atoms with Crippen molar-refractivity contribution in [3.63, 3.8) is 0 Å². The molecule has 2 nitrogen and oxygen atoms in total. The predicted molar refractivity (Wildman–Crippen MR) is 62.6 cm³/mol. The van der Waals surface area contributed by atoms with Gasteiger partial charge in [-0.1, -0.05) is 19.9 Å². The maximum atomic E-state index is 4.48. The Morgan fingerprint density at radius 1 is 1.47 bits per heavy atom. The van der Waals surface area contributed by atoms with Crippen molar-refractivity contribution < 1.29 is 0 Å². The van der Waals surface area contributed by atoms with E-state index in [1.165, 1.54) is 31.6 Å². The largest absolute Gasteiger partial charge is 0.295 e. The van der Waals surface area contributed by atoms with Crippen LogP contribution in [0, 0.1) is 5.92 Å². The monoisotopic (exact) mass is 204 g/mol. The Bertz CT molecular complexity index is 295. The van der Waals surface area contributed by atoms with Crippen molar-refractivity contribution in [2.24, 2.45) is 5.92 Å². The van der Waals surface area contributed by atoms with E-state index in [9.17, 15) is 0 Å². The lowest BCUT2D eigenvalue weighted by Crippen LogP contribution is -2.27. The van der Waals surface area contributed by atoms with Crippen molar-refractivity contribution in [1.82, 2.24) is 9.88 Å². The molecule has 82 valence electrons. The second-order valence-corrected chi connectivity index (χ2v) is 4.80. The van der Waals surface area contributed by atoms with Gasteiger partial charge in [0.25, 0.3) is 0 Å². The first kappa shape index (κ1) is 10.6. The van der Waals surface area contributed by atoms with Gasteiger partial charge in [0.1, 0.15) is 0 Å². The molecule has 1 atom stereocenters. The van der Waals surface area contributed by atoms with E-state index >= 15 is 0 Å². The van der Waals surface area contributed by atoms with Crippen LogP contribution in [0.4, 0.5) is 0 Å². The molecule has 1 aromatic rings. The molecule has 1 aromatic heterocycles. The SMILES string of the molecule is CC(C)CN1CCCC1c1ccccn1. The molecule has 0 saturated carbocycles. The molecule has 0 radical (unpaired) electrons. The van der Waals surface area contributed by atoms with Crippen LogP contribution in [0.5, 0.6) is 0 Å². The average molecular weight is 204 g/mol. The first-order valence-electron chi connectivity index (χ1n) is 5.92. The molecule has 2 heterocycles. The van der Waals surface area contributed by atoms with Crippen LogP contribution in [0.15, 0.2) is 24.4 Å². The van der Waals surface area contributed by atoms with Gasteiger partial charge < -0.3 is 0 Å². The van der Waals surface area contributed by atoms with Gasteiger partial charge in [-0.15, -0.1) is 0 Å². The van der Waals surface area contributed by atoms with Crippen LogP contribution in [0.3, 0.4) is 0 Å². The summed E-state index contributed by atoms with van der Waals surface area (Å²) < 4.78 is 0. The fraction of sp³-hybridized carbons (Fsp3) is 0.615. The Morgan fingerprint density at radius 3 is 3.00 bits per heavy atom. The minimum absolute atomic E-state index is 0.564. The molecule has 1 aliphatic rings. The van der Waals surface area contributed by atoms with Crippen LogP contribution in [0.1, 0.15) is 38.4 Å². The second kappa shape index (κ2) is 4.75. The molecule has 1 saturated heterocycles. The maximum Gasteiger partial charge on any atom is 0.0575 e. The molecule has 0 aliphatic carbocycles. The molecule has 0 spiro atoms. The fourth-order valence-electron chi connectivity index (χ4n) is 2.42. The Morgan fingerprint density at radius 2 is 2.33 bits per heavy atom. The third kappa shape index (κ3) is 2.57. The lowest BCUT2D eigenvalue weighted by Gasteiger charge is -2.25. The van der Waals surface area contributed by atoms with Crippen LogP contribution in [0.25, 0.3) is 0 Å². The van der Waals surface area contributed by atoms with Crippen LogP contribution >= 0.6 is 0 Å². The smallest absolute Gasteiger partial charge is 0.0575 e. The Kier molecular flexibility index (Phi) is 3.37. The van der Waals surface area contributed by atoms with Crippen molar-refractivity contribution in [2.75, 3.05) is 13.1 Å². The van der Waals surface area contributed by atoms with Gasteiger partial charge in [0.15, 0.2) is 0 Å². The van der Waals surface area contributed by atoms with E-state index in [0.717, 1.165) is 5.92 Å². The number of hydrogen-bond donors (Lipinski definition) is 0. The summed E-state index contributed by atoms with van der Waals surface area (Å²) in [5, 5.41) is 0. The maximum absolute atomic E-state index is 4.48. The van der Waals surface area contributed by atoms with Crippen molar-refractivity contribution >= 4 is 0 Å². The Labute approximate surface area is 92.3 Å². The Hall–Kier alpha value is -0.890. The molecule has 1 unspecified atom stereocenters. The van der Waals surface area contributed by atoms with Gasteiger partial charge in [-0.05, 0) is 37.4 Å². The highest BCUT2D eigenvalue weighted by molar-refractivity contribution is 5.10. The van der Waals surface area contributed by atoms with Crippen molar-refractivity contribution in [2.45, 2.75) is 32.7 Å². The molecule has 0 amide bonds. The number of hydrogen-bond acceptors (Lipinski definition) is 2. The highest BCUT2D eigenvalue weighted by atomic mass is 15.2. The topological polar surface area (TPSA) is 16.1 Å². The molecule has 0 N–H and O–H groups in total. The molecular formula is C13H20N2. The molecule has 0 aromatic carbocycles. The first-order valence-corrected chi connectivity index (χ1v) is 5.92. The van der Waals surface area contributed by atoms with Gasteiger partial charge in [0, 0.05) is 12.7 Å². The highest BCUT2D eigenvalue weighted by Crippen LogP contribution is 2.30. The summed E-state index contributed by atoms with van der Waals surface area (Å²) in [5.41, 5.74) is 1.25. The minimum atomic E-state index is 0.564. The number of pyridine rings is 1. The van der Waals surface area contributed by atoms with Crippen LogP contribution in [0.2, 0.25) is 0 Å². The lowest BCUT2D eigenvalue weighted by molar-refractivity contribution is 0.225. The van der Waals surface area contributed by atoms with Crippen LogP contribution < -0.4 is 0 Å². The van der Waals surface area contributed by atoms with Crippen molar-refractivity contribution in [3.8, 4) is 0 Å². The fourth-order valence-corrected chi connectivity index (χ4v) is 2.42. The molecule has 15 heavy (non-hydrogen) atoms. The molecule has 2 heteroatoms. The van der Waals surface area contributed by atoms with Gasteiger partial charge in [0.2, 0.25) is 0 Å². The molecule has 2 rings (SSSR count). The van der Waals surface area contributed by atoms with Crippen LogP contribution in [-0.2, 0) is 0 Å². The van der Waals surface area contributed by atoms with Crippen molar-refractivity contribution in [1.29, 1.82) is 0 Å². The molecular weight excluding hydrogens is 184 g/mol. The van der Waals surface area contributed by atoms with Gasteiger partial charge in [-0.3, -0.25) is 9.88 Å². The van der Waals surface area contributed by atoms with Gasteiger partial charge >= 0.3 is 0 Å². The second-order valence-electron chi connectivity index (χ2n) is 4.80. The van der Waals surface area contributed by atoms with E-state index in [1.54, 1.807) is 0 Å². The summed E-state index contributed by atoms with van der Waals surface area (Å²) >= 11 is 0. The van der Waals surface area contributed by atoms with Gasteiger partial charge in [-0.2, -0.15) is 0 Å². The summed E-state index contributed by atoms with van der Waals surface area (Å²) in [4.78, 5) is 7.05. The van der Waals surface area contributed by atoms with E-state index in [1.807, 2.05) is 12.3 Å². The number of likely N-dealkylation sites (tertiary alicyclic amines) is 1. The normalized spacial score (nSPS) is 22.5.